The van der Waals surface area contributed by atoms with Crippen LogP contribution in [0.1, 0.15) is 32.8 Å². The maximum Gasteiger partial charge on any atom is 0.410 e. The van der Waals surface area contributed by atoms with E-state index in [2.05, 4.69) is 15.0 Å². The molecule has 1 amide bonds. The van der Waals surface area contributed by atoms with Crippen molar-refractivity contribution in [2.75, 3.05) is 38.9 Å². The average molecular weight is 567 g/mol. The summed E-state index contributed by atoms with van der Waals surface area (Å²) in [5.41, 5.74) is 4.12. The number of rotatable bonds is 6. The molecular formula is C29H35ClN6O4. The van der Waals surface area contributed by atoms with Gasteiger partial charge >= 0.3 is 6.09 Å². The molecule has 0 unspecified atom stereocenters. The zero-order valence-electron chi connectivity index (χ0n) is 24.0. The SMILES string of the molecule is COCOc1c(-c2cc(Cl)c3cc(N4CC[C@@H](N(C)C(=O)OC(C)(C)C)C4)cnc3n2)cc2cn(C)nc2c1C. The van der Waals surface area contributed by atoms with Gasteiger partial charge in [-0.05, 0) is 52.3 Å². The molecule has 1 aromatic carbocycles. The topological polar surface area (TPSA) is 94.8 Å². The molecule has 0 bridgehead atoms. The van der Waals surface area contributed by atoms with Crippen molar-refractivity contribution in [3.8, 4) is 17.0 Å². The molecule has 0 saturated carbocycles. The molecule has 0 spiro atoms. The van der Waals surface area contributed by atoms with Crippen molar-refractivity contribution < 1.29 is 19.0 Å². The molecule has 1 fully saturated rings. The number of nitrogens with zero attached hydrogens (tertiary/aromatic N) is 6. The Morgan fingerprint density at radius 2 is 2.02 bits per heavy atom. The van der Waals surface area contributed by atoms with Gasteiger partial charge in [0, 0.05) is 62.4 Å². The first kappa shape index (κ1) is 27.9. The summed E-state index contributed by atoms with van der Waals surface area (Å²) in [6.45, 7) is 9.14. The molecule has 1 saturated heterocycles. The fourth-order valence-corrected chi connectivity index (χ4v) is 5.31. The number of anilines is 1. The number of methoxy groups -OCH3 is 1. The maximum absolute atomic E-state index is 12.6. The summed E-state index contributed by atoms with van der Waals surface area (Å²) in [7, 11) is 5.26. The summed E-state index contributed by atoms with van der Waals surface area (Å²) in [5.74, 6) is 0.643. The summed E-state index contributed by atoms with van der Waals surface area (Å²) in [4.78, 5) is 26.0. The molecular weight excluding hydrogens is 532 g/mol. The third-order valence-electron chi connectivity index (χ3n) is 7.05. The number of hydrogen-bond donors (Lipinski definition) is 0. The molecule has 4 heterocycles. The Labute approximate surface area is 238 Å². The number of pyridine rings is 2. The lowest BCUT2D eigenvalue weighted by molar-refractivity contribution is 0.0238. The van der Waals surface area contributed by atoms with Crippen molar-refractivity contribution in [2.45, 2.75) is 45.8 Å². The van der Waals surface area contributed by atoms with E-state index in [0.717, 1.165) is 46.1 Å². The number of fused-ring (bicyclic) bond motifs is 2. The van der Waals surface area contributed by atoms with E-state index in [4.69, 9.17) is 30.8 Å². The van der Waals surface area contributed by atoms with Gasteiger partial charge in [-0.2, -0.15) is 5.10 Å². The summed E-state index contributed by atoms with van der Waals surface area (Å²) in [6.07, 6.45) is 4.29. The van der Waals surface area contributed by atoms with E-state index in [-0.39, 0.29) is 18.9 Å². The molecule has 1 atom stereocenters. The van der Waals surface area contributed by atoms with Crippen molar-refractivity contribution >= 4 is 45.3 Å². The lowest BCUT2D eigenvalue weighted by Gasteiger charge is -2.28. The third kappa shape index (κ3) is 5.51. The van der Waals surface area contributed by atoms with Crippen LogP contribution in [-0.2, 0) is 16.5 Å². The fourth-order valence-electron chi connectivity index (χ4n) is 5.07. The summed E-state index contributed by atoms with van der Waals surface area (Å²) < 4.78 is 18.5. The molecule has 5 rings (SSSR count). The number of carbonyl (C=O) groups is 1. The van der Waals surface area contributed by atoms with Gasteiger partial charge in [0.15, 0.2) is 12.4 Å². The first-order valence-electron chi connectivity index (χ1n) is 13.2. The smallest absolute Gasteiger partial charge is 0.410 e. The molecule has 1 aliphatic rings. The Bertz CT molecular complexity index is 1580. The van der Waals surface area contributed by atoms with E-state index in [1.807, 2.05) is 65.3 Å². The van der Waals surface area contributed by atoms with E-state index in [1.54, 1.807) is 23.7 Å². The first-order valence-corrected chi connectivity index (χ1v) is 13.6. The number of likely N-dealkylation sites (N-methyl/N-ethyl adjacent to an activating group) is 1. The lowest BCUT2D eigenvalue weighted by Crippen LogP contribution is -2.42. The molecule has 4 aromatic rings. The number of amides is 1. The van der Waals surface area contributed by atoms with Crippen LogP contribution in [0.25, 0.3) is 33.2 Å². The van der Waals surface area contributed by atoms with Gasteiger partial charge in [0.2, 0.25) is 0 Å². The largest absolute Gasteiger partial charge is 0.466 e. The highest BCUT2D eigenvalue weighted by Gasteiger charge is 2.31. The standard InChI is InChI=1S/C29H35ClN6O4/c1-17-25-18(14-34(5)33-25)10-22(26(17)39-16-38-7)24-12-23(30)21-11-20(13-31-27(21)32-24)36-9-8-19(15-36)35(6)28(37)40-29(2,3)4/h10-14,19H,8-9,15-16H2,1-7H3/t19-/m1/s1. The monoisotopic (exact) mass is 566 g/mol. The van der Waals surface area contributed by atoms with Gasteiger partial charge in [-0.25, -0.2) is 14.8 Å². The number of carbonyl (C=O) groups excluding carboxylic acids is 1. The molecule has 212 valence electrons. The molecule has 10 nitrogen and oxygen atoms in total. The second-order valence-corrected chi connectivity index (χ2v) is 11.6. The maximum atomic E-state index is 12.6. The lowest BCUT2D eigenvalue weighted by atomic mass is 10.0. The van der Waals surface area contributed by atoms with Gasteiger partial charge in [0.1, 0.15) is 11.4 Å². The molecule has 1 aliphatic heterocycles. The summed E-state index contributed by atoms with van der Waals surface area (Å²) in [6, 6.07) is 5.90. The average Bonchev–Trinajstić information content (AvgIpc) is 3.53. The number of hydrogen-bond acceptors (Lipinski definition) is 8. The van der Waals surface area contributed by atoms with Gasteiger partial charge in [-0.1, -0.05) is 11.6 Å². The van der Waals surface area contributed by atoms with E-state index >= 15 is 0 Å². The van der Waals surface area contributed by atoms with Crippen LogP contribution in [0.15, 0.2) is 30.6 Å². The molecule has 3 aromatic heterocycles. The van der Waals surface area contributed by atoms with Gasteiger partial charge in [0.05, 0.1) is 34.2 Å². The zero-order valence-corrected chi connectivity index (χ0v) is 24.7. The van der Waals surface area contributed by atoms with Crippen LogP contribution >= 0.6 is 11.6 Å². The minimum Gasteiger partial charge on any atom is -0.466 e. The van der Waals surface area contributed by atoms with Gasteiger partial charge in [-0.3, -0.25) is 4.68 Å². The van der Waals surface area contributed by atoms with Gasteiger partial charge in [0.25, 0.3) is 0 Å². The van der Waals surface area contributed by atoms with E-state index in [0.29, 0.717) is 28.7 Å². The Balaban J connectivity index is 1.44. The number of ether oxygens (including phenoxy) is 3. The van der Waals surface area contributed by atoms with Crippen molar-refractivity contribution in [1.82, 2.24) is 24.6 Å². The van der Waals surface area contributed by atoms with Gasteiger partial charge < -0.3 is 24.0 Å². The number of aromatic nitrogens is 4. The van der Waals surface area contributed by atoms with Crippen LogP contribution < -0.4 is 9.64 Å². The number of benzene rings is 1. The summed E-state index contributed by atoms with van der Waals surface area (Å²) in [5, 5.41) is 6.84. The number of aryl methyl sites for hydroxylation is 2. The quantitative estimate of drug-likeness (QED) is 0.279. The Morgan fingerprint density at radius 3 is 2.75 bits per heavy atom. The van der Waals surface area contributed by atoms with Crippen LogP contribution in [0.3, 0.4) is 0 Å². The normalized spacial score (nSPS) is 15.7. The van der Waals surface area contributed by atoms with Crippen molar-refractivity contribution in [3.63, 3.8) is 0 Å². The van der Waals surface area contributed by atoms with Crippen LogP contribution in [-0.4, -0.2) is 76.4 Å². The second-order valence-electron chi connectivity index (χ2n) is 11.2. The summed E-state index contributed by atoms with van der Waals surface area (Å²) >= 11 is 6.84. The van der Waals surface area contributed by atoms with Crippen molar-refractivity contribution in [3.05, 3.63) is 41.2 Å². The van der Waals surface area contributed by atoms with Crippen molar-refractivity contribution in [2.24, 2.45) is 7.05 Å². The van der Waals surface area contributed by atoms with Crippen LogP contribution in [0.5, 0.6) is 5.75 Å². The molecule has 0 N–H and O–H groups in total. The van der Waals surface area contributed by atoms with Gasteiger partial charge in [-0.15, -0.1) is 0 Å². The van der Waals surface area contributed by atoms with Crippen molar-refractivity contribution in [1.29, 1.82) is 0 Å². The van der Waals surface area contributed by atoms with E-state index < -0.39 is 5.60 Å². The highest BCUT2D eigenvalue weighted by molar-refractivity contribution is 6.35. The van der Waals surface area contributed by atoms with E-state index in [9.17, 15) is 4.79 Å². The Hall–Kier alpha value is -3.63. The molecule has 0 aliphatic carbocycles. The van der Waals surface area contributed by atoms with Crippen LogP contribution in [0.2, 0.25) is 5.02 Å². The highest BCUT2D eigenvalue weighted by atomic mass is 35.5. The first-order chi connectivity index (χ1) is 18.9. The van der Waals surface area contributed by atoms with Crippen LogP contribution in [0, 0.1) is 6.92 Å². The third-order valence-corrected chi connectivity index (χ3v) is 7.36. The highest BCUT2D eigenvalue weighted by Crippen LogP contribution is 2.39. The molecule has 11 heteroatoms. The minimum atomic E-state index is -0.534. The second kappa shape index (κ2) is 10.7. The van der Waals surface area contributed by atoms with E-state index in [1.165, 1.54) is 0 Å². The predicted octanol–water partition coefficient (Wildman–Crippen LogP) is 5.57. The predicted molar refractivity (Wildman–Crippen MR) is 156 cm³/mol. The number of halogens is 1. The molecule has 40 heavy (non-hydrogen) atoms. The Kier molecular flexibility index (Phi) is 7.50. The fraction of sp³-hybridized carbons (Fsp3) is 0.448. The zero-order chi connectivity index (χ0) is 28.8. The molecule has 0 radical (unpaired) electrons. The minimum absolute atomic E-state index is 0.0395. The van der Waals surface area contributed by atoms with Crippen LogP contribution in [0.4, 0.5) is 10.5 Å². The Morgan fingerprint density at radius 1 is 1.25 bits per heavy atom.